The number of hydrogen-bond acceptors (Lipinski definition) is 7. The number of amides is 3. The second-order valence-corrected chi connectivity index (χ2v) is 7.03. The Morgan fingerprint density at radius 3 is 2.36 bits per heavy atom. The van der Waals surface area contributed by atoms with Crippen molar-refractivity contribution in [3.63, 3.8) is 0 Å². The first-order valence-corrected chi connectivity index (χ1v) is 10.3. The van der Waals surface area contributed by atoms with E-state index < -0.39 is 11.8 Å². The standard InChI is InChI=1S/C23H28N4O6/c1-5-32-18-9-7-17(8-10-18)26-21(28)14-33-19-11-6-16(12-20(19)31-4)13-24-27-23(30)22(29)25-15(2)3/h6-13,15H,5,14H2,1-4H3,(H,25,29)(H,26,28)(H,27,30)/b24-13-. The van der Waals surface area contributed by atoms with Crippen molar-refractivity contribution in [3.05, 3.63) is 48.0 Å². The molecule has 0 aromatic heterocycles. The zero-order valence-electron chi connectivity index (χ0n) is 19.0. The van der Waals surface area contributed by atoms with Crippen LogP contribution >= 0.6 is 0 Å². The molecule has 3 amide bonds. The highest BCUT2D eigenvalue weighted by molar-refractivity contribution is 6.35. The first-order chi connectivity index (χ1) is 15.8. The fourth-order valence-corrected chi connectivity index (χ4v) is 2.57. The van der Waals surface area contributed by atoms with Crippen LogP contribution in [0, 0.1) is 0 Å². The van der Waals surface area contributed by atoms with E-state index in [1.165, 1.54) is 13.3 Å². The molecule has 176 valence electrons. The molecule has 2 aromatic rings. The Balaban J connectivity index is 1.90. The van der Waals surface area contributed by atoms with Gasteiger partial charge < -0.3 is 24.8 Å². The highest BCUT2D eigenvalue weighted by Gasteiger charge is 2.13. The van der Waals surface area contributed by atoms with Crippen LogP contribution in [-0.2, 0) is 14.4 Å². The van der Waals surface area contributed by atoms with Crippen molar-refractivity contribution in [2.24, 2.45) is 5.10 Å². The van der Waals surface area contributed by atoms with Crippen LogP contribution in [-0.4, -0.2) is 50.3 Å². The van der Waals surface area contributed by atoms with Crippen molar-refractivity contribution in [2.75, 3.05) is 25.6 Å². The number of hydrazone groups is 1. The molecule has 10 heteroatoms. The molecule has 33 heavy (non-hydrogen) atoms. The normalized spacial score (nSPS) is 10.6. The van der Waals surface area contributed by atoms with Crippen LogP contribution in [0.15, 0.2) is 47.6 Å². The SMILES string of the molecule is CCOc1ccc(NC(=O)COc2ccc(/C=N\NC(=O)C(=O)NC(C)C)cc2OC)cc1. The topological polar surface area (TPSA) is 127 Å². The summed E-state index contributed by atoms with van der Waals surface area (Å²) in [4.78, 5) is 35.4. The molecule has 3 N–H and O–H groups in total. The highest BCUT2D eigenvalue weighted by Crippen LogP contribution is 2.27. The largest absolute Gasteiger partial charge is 0.494 e. The van der Waals surface area contributed by atoms with Crippen molar-refractivity contribution in [2.45, 2.75) is 26.8 Å². The van der Waals surface area contributed by atoms with Gasteiger partial charge in [0.05, 0.1) is 19.9 Å². The third-order valence-corrected chi connectivity index (χ3v) is 4.00. The Hall–Kier alpha value is -4.08. The molecule has 0 saturated carbocycles. The van der Waals surface area contributed by atoms with Crippen molar-refractivity contribution in [3.8, 4) is 17.2 Å². The molecule has 0 fully saturated rings. The Kier molecular flexibility index (Phi) is 9.69. The van der Waals surface area contributed by atoms with Gasteiger partial charge in [0, 0.05) is 11.7 Å². The number of carbonyl (C=O) groups excluding carboxylic acids is 3. The summed E-state index contributed by atoms with van der Waals surface area (Å²) in [7, 11) is 1.46. The summed E-state index contributed by atoms with van der Waals surface area (Å²) in [5.74, 6) is -0.529. The molecule has 0 unspecified atom stereocenters. The number of hydrogen-bond donors (Lipinski definition) is 3. The molecule has 0 saturated heterocycles. The predicted octanol–water partition coefficient (Wildman–Crippen LogP) is 2.09. The second-order valence-electron chi connectivity index (χ2n) is 7.03. The first-order valence-electron chi connectivity index (χ1n) is 10.3. The summed E-state index contributed by atoms with van der Waals surface area (Å²) >= 11 is 0. The summed E-state index contributed by atoms with van der Waals surface area (Å²) in [6.07, 6.45) is 1.35. The van der Waals surface area contributed by atoms with E-state index in [1.807, 2.05) is 6.92 Å². The predicted molar refractivity (Wildman–Crippen MR) is 124 cm³/mol. The zero-order valence-corrected chi connectivity index (χ0v) is 19.0. The molecule has 0 heterocycles. The van der Waals surface area contributed by atoms with Crippen molar-refractivity contribution < 1.29 is 28.6 Å². The lowest BCUT2D eigenvalue weighted by atomic mass is 10.2. The van der Waals surface area contributed by atoms with Gasteiger partial charge in [0.1, 0.15) is 5.75 Å². The fraction of sp³-hybridized carbons (Fsp3) is 0.304. The van der Waals surface area contributed by atoms with E-state index in [0.29, 0.717) is 29.4 Å². The average molecular weight is 456 g/mol. The van der Waals surface area contributed by atoms with E-state index in [-0.39, 0.29) is 18.6 Å². The lowest BCUT2D eigenvalue weighted by Crippen LogP contribution is -2.41. The molecule has 0 radical (unpaired) electrons. The van der Waals surface area contributed by atoms with Gasteiger partial charge in [-0.1, -0.05) is 0 Å². The third kappa shape index (κ3) is 8.52. The summed E-state index contributed by atoms with van der Waals surface area (Å²) in [5, 5.41) is 8.96. The smallest absolute Gasteiger partial charge is 0.329 e. The Bertz CT molecular complexity index is 989. The molecule has 0 bridgehead atoms. The number of nitrogens with one attached hydrogen (secondary N) is 3. The van der Waals surface area contributed by atoms with Crippen molar-refractivity contribution in [1.82, 2.24) is 10.7 Å². The lowest BCUT2D eigenvalue weighted by molar-refractivity contribution is -0.139. The number of nitrogens with zero attached hydrogens (tertiary/aromatic N) is 1. The van der Waals surface area contributed by atoms with E-state index in [4.69, 9.17) is 14.2 Å². The van der Waals surface area contributed by atoms with Gasteiger partial charge in [-0.15, -0.1) is 0 Å². The minimum Gasteiger partial charge on any atom is -0.494 e. The molecule has 0 aliphatic rings. The van der Waals surface area contributed by atoms with E-state index in [0.717, 1.165) is 5.75 Å². The van der Waals surface area contributed by atoms with Gasteiger partial charge in [-0.25, -0.2) is 5.43 Å². The fourth-order valence-electron chi connectivity index (χ4n) is 2.57. The molecule has 0 atom stereocenters. The number of benzene rings is 2. The van der Waals surface area contributed by atoms with Gasteiger partial charge in [0.2, 0.25) is 0 Å². The molecule has 2 aromatic carbocycles. The number of anilines is 1. The van der Waals surface area contributed by atoms with Gasteiger partial charge in [0.25, 0.3) is 5.91 Å². The maximum absolute atomic E-state index is 12.2. The maximum Gasteiger partial charge on any atom is 0.329 e. The van der Waals surface area contributed by atoms with Crippen molar-refractivity contribution in [1.29, 1.82) is 0 Å². The van der Waals surface area contributed by atoms with Crippen molar-refractivity contribution >= 4 is 29.6 Å². The number of ether oxygens (including phenoxy) is 3. The quantitative estimate of drug-likeness (QED) is 0.285. The minimum atomic E-state index is -0.870. The van der Waals surface area contributed by atoms with Crippen LogP contribution in [0.1, 0.15) is 26.3 Å². The number of carbonyl (C=O) groups is 3. The minimum absolute atomic E-state index is 0.160. The summed E-state index contributed by atoms with van der Waals surface area (Å²) < 4.78 is 16.2. The molecule has 0 spiro atoms. The van der Waals surface area contributed by atoms with E-state index in [2.05, 4.69) is 21.2 Å². The summed E-state index contributed by atoms with van der Waals surface area (Å²) in [5.41, 5.74) is 3.35. The lowest BCUT2D eigenvalue weighted by Gasteiger charge is -2.12. The van der Waals surface area contributed by atoms with Gasteiger partial charge in [0.15, 0.2) is 18.1 Å². The number of rotatable bonds is 10. The average Bonchev–Trinajstić information content (AvgIpc) is 2.79. The van der Waals surface area contributed by atoms with Gasteiger partial charge in [-0.05, 0) is 68.8 Å². The van der Waals surface area contributed by atoms with Gasteiger partial charge in [-0.3, -0.25) is 14.4 Å². The Labute approximate surface area is 192 Å². The summed E-state index contributed by atoms with van der Waals surface area (Å²) in [6.45, 7) is 5.73. The first kappa shape index (κ1) is 25.2. The van der Waals surface area contributed by atoms with Crippen LogP contribution in [0.5, 0.6) is 17.2 Å². The zero-order chi connectivity index (χ0) is 24.2. The van der Waals surface area contributed by atoms with Crippen LogP contribution in [0.4, 0.5) is 5.69 Å². The second kappa shape index (κ2) is 12.7. The van der Waals surface area contributed by atoms with Crippen LogP contribution in [0.2, 0.25) is 0 Å². The van der Waals surface area contributed by atoms with E-state index >= 15 is 0 Å². The van der Waals surface area contributed by atoms with E-state index in [9.17, 15) is 14.4 Å². The highest BCUT2D eigenvalue weighted by atomic mass is 16.5. The summed E-state index contributed by atoms with van der Waals surface area (Å²) in [6, 6.07) is 11.7. The Morgan fingerprint density at radius 1 is 1.00 bits per heavy atom. The molecule has 2 rings (SSSR count). The maximum atomic E-state index is 12.2. The van der Waals surface area contributed by atoms with Crippen LogP contribution in [0.3, 0.4) is 0 Å². The molecule has 0 aliphatic carbocycles. The van der Waals surface area contributed by atoms with E-state index in [1.54, 1.807) is 56.3 Å². The Morgan fingerprint density at radius 2 is 1.73 bits per heavy atom. The molecule has 10 nitrogen and oxygen atoms in total. The van der Waals surface area contributed by atoms with Gasteiger partial charge >= 0.3 is 11.8 Å². The number of methoxy groups -OCH3 is 1. The monoisotopic (exact) mass is 456 g/mol. The van der Waals surface area contributed by atoms with Crippen LogP contribution < -0.4 is 30.3 Å². The molecular weight excluding hydrogens is 428 g/mol. The molecule has 0 aliphatic heterocycles. The van der Waals surface area contributed by atoms with Gasteiger partial charge in [-0.2, -0.15) is 5.10 Å². The van der Waals surface area contributed by atoms with Crippen LogP contribution in [0.25, 0.3) is 0 Å². The third-order valence-electron chi connectivity index (χ3n) is 4.00. The molecular formula is C23H28N4O6.